The molecule has 238 valence electrons. The molecule has 13 nitrogen and oxygen atoms in total. The molecular weight excluding hydrogens is 546 g/mol. The van der Waals surface area contributed by atoms with Crippen LogP contribution in [0.1, 0.15) is 56.1 Å². The molecule has 1 amide bonds. The number of hydrogen-bond acceptors (Lipinski definition) is 7. The molecule has 2 aromatic rings. The number of aromatic nitrogens is 2. The maximum Gasteiger partial charge on any atom is 0.407 e. The second-order valence-corrected chi connectivity index (χ2v) is 12.1. The lowest BCUT2D eigenvalue weighted by Gasteiger charge is -2.33. The summed E-state index contributed by atoms with van der Waals surface area (Å²) >= 11 is 0. The standard InChI is InChI=1S/C15H26N6.C15H25N5O2/c1-11-14(19-15(16)17)8-12(9-18-11)4-6-21-7-5-13(10-21)20(2)3;1-10-12(19-13(16)17)8-11(9-18-10)6-5-7-20(14(21)22)15(2,3)4/h8-9,13H,4-7,10H2,1-3H3,(H4,16,17,19);8-9H,5-7H2,1-4H3,(H,21,22)(H4,16,17,19). The van der Waals surface area contributed by atoms with Crippen LogP contribution in [0.4, 0.5) is 16.2 Å². The molecule has 1 atom stereocenters. The minimum absolute atomic E-state index is 0.00756. The largest absolute Gasteiger partial charge is 0.465 e. The second-order valence-electron chi connectivity index (χ2n) is 12.1. The van der Waals surface area contributed by atoms with Gasteiger partial charge in [0.15, 0.2) is 11.9 Å². The smallest absolute Gasteiger partial charge is 0.407 e. The van der Waals surface area contributed by atoms with Crippen molar-refractivity contribution in [3.8, 4) is 0 Å². The summed E-state index contributed by atoms with van der Waals surface area (Å²) in [7, 11) is 4.30. The van der Waals surface area contributed by atoms with Crippen LogP contribution in [-0.4, -0.2) is 99.6 Å². The highest BCUT2D eigenvalue weighted by Gasteiger charge is 2.25. The van der Waals surface area contributed by atoms with Crippen LogP contribution in [0.25, 0.3) is 0 Å². The van der Waals surface area contributed by atoms with E-state index in [0.29, 0.717) is 31.1 Å². The Morgan fingerprint density at radius 1 is 0.977 bits per heavy atom. The number of likely N-dealkylation sites (N-methyl/N-ethyl adjacent to an activating group) is 1. The number of nitrogens with two attached hydrogens (primary N) is 4. The molecule has 0 saturated carbocycles. The Bertz CT molecular complexity index is 1260. The van der Waals surface area contributed by atoms with E-state index in [1.54, 1.807) is 6.20 Å². The molecule has 13 heteroatoms. The summed E-state index contributed by atoms with van der Waals surface area (Å²) in [5.41, 5.74) is 26.4. The van der Waals surface area contributed by atoms with E-state index >= 15 is 0 Å². The summed E-state index contributed by atoms with van der Waals surface area (Å²) in [6.07, 6.45) is 6.41. The quantitative estimate of drug-likeness (QED) is 0.200. The van der Waals surface area contributed by atoms with Crippen molar-refractivity contribution in [3.63, 3.8) is 0 Å². The molecule has 0 radical (unpaired) electrons. The van der Waals surface area contributed by atoms with Crippen LogP contribution < -0.4 is 22.9 Å². The molecule has 1 aliphatic rings. The van der Waals surface area contributed by atoms with Gasteiger partial charge in [0.1, 0.15) is 0 Å². The van der Waals surface area contributed by atoms with E-state index in [2.05, 4.69) is 43.8 Å². The van der Waals surface area contributed by atoms with Crippen molar-refractivity contribution in [1.82, 2.24) is 24.7 Å². The van der Waals surface area contributed by atoms with Crippen molar-refractivity contribution in [2.24, 2.45) is 32.9 Å². The summed E-state index contributed by atoms with van der Waals surface area (Å²) in [5.74, 6) is 0.0669. The molecule has 1 aliphatic heterocycles. The number of guanidine groups is 2. The molecule has 1 fully saturated rings. The third-order valence-electron chi connectivity index (χ3n) is 7.32. The van der Waals surface area contributed by atoms with E-state index in [9.17, 15) is 9.90 Å². The monoisotopic (exact) mass is 597 g/mol. The summed E-state index contributed by atoms with van der Waals surface area (Å²) < 4.78 is 0. The topological polar surface area (TPSA) is 202 Å². The maximum absolute atomic E-state index is 11.3. The number of likely N-dealkylation sites (tertiary alicyclic amines) is 1. The van der Waals surface area contributed by atoms with E-state index in [1.165, 1.54) is 23.4 Å². The van der Waals surface area contributed by atoms with Gasteiger partial charge in [0.2, 0.25) is 0 Å². The first-order valence-corrected chi connectivity index (χ1v) is 14.6. The molecule has 3 rings (SSSR count). The first-order chi connectivity index (χ1) is 20.1. The number of aryl methyl sites for hydroxylation is 3. The third-order valence-corrected chi connectivity index (χ3v) is 7.32. The van der Waals surface area contributed by atoms with Crippen LogP contribution in [-0.2, 0) is 12.8 Å². The summed E-state index contributed by atoms with van der Waals surface area (Å²) in [4.78, 5) is 34.3. The second kappa shape index (κ2) is 16.0. The molecule has 1 saturated heterocycles. The zero-order valence-corrected chi connectivity index (χ0v) is 26.8. The number of carbonyl (C=O) groups is 1. The first kappa shape index (κ1) is 35.2. The van der Waals surface area contributed by atoms with Crippen LogP contribution in [0, 0.1) is 13.8 Å². The van der Waals surface area contributed by atoms with Gasteiger partial charge in [-0.2, -0.15) is 0 Å². The molecule has 2 aromatic heterocycles. The molecular formula is C30H51N11O2. The van der Waals surface area contributed by atoms with Crippen molar-refractivity contribution in [3.05, 3.63) is 47.0 Å². The molecule has 1 unspecified atom stereocenters. The summed E-state index contributed by atoms with van der Waals surface area (Å²) in [6, 6.07) is 4.59. The van der Waals surface area contributed by atoms with Gasteiger partial charge in [-0.3, -0.25) is 9.97 Å². The van der Waals surface area contributed by atoms with Gasteiger partial charge in [-0.05, 0) is 104 Å². The Balaban J connectivity index is 0.000000300. The van der Waals surface area contributed by atoms with Gasteiger partial charge in [-0.15, -0.1) is 0 Å². The molecule has 9 N–H and O–H groups in total. The Morgan fingerprint density at radius 3 is 1.91 bits per heavy atom. The number of rotatable bonds is 10. The van der Waals surface area contributed by atoms with E-state index in [4.69, 9.17) is 22.9 Å². The molecule has 43 heavy (non-hydrogen) atoms. The van der Waals surface area contributed by atoms with Crippen molar-refractivity contribution < 1.29 is 9.90 Å². The SMILES string of the molecule is Cc1ncc(CCCN(C(=O)O)C(C)(C)C)cc1N=C(N)N.Cc1ncc(CCN2CCC(N(C)C)C2)cc1N=C(N)N. The zero-order chi connectivity index (χ0) is 32.3. The van der Waals surface area contributed by atoms with Gasteiger partial charge in [0.05, 0.1) is 22.8 Å². The average molecular weight is 598 g/mol. The lowest BCUT2D eigenvalue weighted by molar-refractivity contribution is 0.0995. The normalized spacial score (nSPS) is 15.0. The van der Waals surface area contributed by atoms with E-state index in [-0.39, 0.29) is 11.9 Å². The summed E-state index contributed by atoms with van der Waals surface area (Å²) in [5, 5.41) is 9.25. The molecule has 0 aromatic carbocycles. The molecule has 0 aliphatic carbocycles. The van der Waals surface area contributed by atoms with Crippen LogP contribution in [0.15, 0.2) is 34.5 Å². The summed E-state index contributed by atoms with van der Waals surface area (Å²) in [6.45, 7) is 13.2. The van der Waals surface area contributed by atoms with Gasteiger partial charge >= 0.3 is 6.09 Å². The number of nitrogens with zero attached hydrogens (tertiary/aromatic N) is 7. The lowest BCUT2D eigenvalue weighted by atomic mass is 10.1. The van der Waals surface area contributed by atoms with Crippen LogP contribution in [0.5, 0.6) is 0 Å². The number of pyridine rings is 2. The van der Waals surface area contributed by atoms with Crippen LogP contribution >= 0.6 is 0 Å². The van der Waals surface area contributed by atoms with E-state index in [1.807, 2.05) is 52.9 Å². The Morgan fingerprint density at radius 2 is 1.49 bits per heavy atom. The molecule has 0 bridgehead atoms. The van der Waals surface area contributed by atoms with Gasteiger partial charge in [0, 0.05) is 43.6 Å². The van der Waals surface area contributed by atoms with Gasteiger partial charge < -0.3 is 42.7 Å². The predicted octanol–water partition coefficient (Wildman–Crippen LogP) is 2.48. The number of hydrogen-bond donors (Lipinski definition) is 5. The van der Waals surface area contributed by atoms with Crippen molar-refractivity contribution >= 4 is 29.4 Å². The highest BCUT2D eigenvalue weighted by atomic mass is 16.4. The Hall–Kier alpha value is -3.97. The highest BCUT2D eigenvalue weighted by molar-refractivity contribution is 5.79. The number of amides is 1. The number of carboxylic acid groups (broad SMARTS) is 1. The fraction of sp³-hybridized carbons (Fsp3) is 0.567. The minimum atomic E-state index is -0.907. The van der Waals surface area contributed by atoms with E-state index < -0.39 is 11.6 Å². The maximum atomic E-state index is 11.3. The number of aliphatic imine (C=N–C) groups is 2. The lowest BCUT2D eigenvalue weighted by Crippen LogP contribution is -2.45. The predicted molar refractivity (Wildman–Crippen MR) is 174 cm³/mol. The highest BCUT2D eigenvalue weighted by Crippen LogP contribution is 2.21. The average Bonchev–Trinajstić information content (AvgIpc) is 3.37. The Kier molecular flexibility index (Phi) is 13.1. The van der Waals surface area contributed by atoms with Crippen molar-refractivity contribution in [1.29, 1.82) is 0 Å². The van der Waals surface area contributed by atoms with Gasteiger partial charge in [-0.25, -0.2) is 14.8 Å². The van der Waals surface area contributed by atoms with E-state index in [0.717, 1.165) is 42.1 Å². The zero-order valence-electron chi connectivity index (χ0n) is 26.8. The molecule has 0 spiro atoms. The van der Waals surface area contributed by atoms with Crippen LogP contribution in [0.2, 0.25) is 0 Å². The third kappa shape index (κ3) is 12.0. The Labute approximate surface area is 256 Å². The fourth-order valence-electron chi connectivity index (χ4n) is 4.79. The van der Waals surface area contributed by atoms with Gasteiger partial charge in [-0.1, -0.05) is 0 Å². The fourth-order valence-corrected chi connectivity index (χ4v) is 4.79. The minimum Gasteiger partial charge on any atom is -0.465 e. The van der Waals surface area contributed by atoms with Crippen molar-refractivity contribution in [2.45, 2.75) is 71.9 Å². The molecule has 3 heterocycles. The first-order valence-electron chi connectivity index (χ1n) is 14.6. The van der Waals surface area contributed by atoms with Gasteiger partial charge in [0.25, 0.3) is 0 Å². The van der Waals surface area contributed by atoms with Crippen molar-refractivity contribution in [2.75, 3.05) is 40.3 Å². The van der Waals surface area contributed by atoms with Crippen LogP contribution in [0.3, 0.4) is 0 Å².